The molecule has 0 unspecified atom stereocenters. The van der Waals surface area contributed by atoms with Crippen LogP contribution in [0, 0.1) is 0 Å². The molecular formula is C20H24ClN5O3S. The Labute approximate surface area is 184 Å². The maximum atomic E-state index is 12.3. The predicted molar refractivity (Wildman–Crippen MR) is 117 cm³/mol. The van der Waals surface area contributed by atoms with Crippen molar-refractivity contribution < 1.29 is 14.3 Å². The number of carbonyl (C=O) groups excluding carboxylic acids is 1. The molecule has 8 nitrogen and oxygen atoms in total. The highest BCUT2D eigenvalue weighted by Crippen LogP contribution is 2.32. The maximum Gasteiger partial charge on any atom is 0.231 e. The summed E-state index contributed by atoms with van der Waals surface area (Å²) in [6.07, 6.45) is 0. The molecule has 1 N–H and O–H groups in total. The number of ether oxygens (including phenoxy) is 2. The lowest BCUT2D eigenvalue weighted by Gasteiger charge is -2.34. The number of likely N-dealkylation sites (N-methyl/N-ethyl adjacent to an activating group) is 1. The Morgan fingerprint density at radius 2 is 1.97 bits per heavy atom. The van der Waals surface area contributed by atoms with Gasteiger partial charge in [0.15, 0.2) is 16.7 Å². The van der Waals surface area contributed by atoms with Gasteiger partial charge in [-0.15, -0.1) is 0 Å². The number of aromatic nitrogens is 2. The third kappa shape index (κ3) is 5.27. The van der Waals surface area contributed by atoms with Gasteiger partial charge in [-0.3, -0.25) is 4.79 Å². The van der Waals surface area contributed by atoms with Crippen molar-refractivity contribution >= 4 is 35.1 Å². The highest BCUT2D eigenvalue weighted by atomic mass is 35.5. The Bertz CT molecular complexity index is 908. The van der Waals surface area contributed by atoms with Gasteiger partial charge in [-0.1, -0.05) is 36.4 Å². The van der Waals surface area contributed by atoms with Crippen molar-refractivity contribution in [3.8, 4) is 11.5 Å². The Morgan fingerprint density at radius 3 is 2.77 bits per heavy atom. The Kier molecular flexibility index (Phi) is 6.81. The van der Waals surface area contributed by atoms with Crippen LogP contribution in [0.4, 0.5) is 5.82 Å². The van der Waals surface area contributed by atoms with Crippen LogP contribution in [0.3, 0.4) is 0 Å². The molecule has 1 aromatic carbocycles. The van der Waals surface area contributed by atoms with Crippen LogP contribution in [0.15, 0.2) is 29.4 Å². The molecule has 4 rings (SSSR count). The van der Waals surface area contributed by atoms with Gasteiger partial charge in [0.25, 0.3) is 0 Å². The highest BCUT2D eigenvalue weighted by molar-refractivity contribution is 7.99. The molecule has 2 aliphatic rings. The number of benzene rings is 1. The smallest absolute Gasteiger partial charge is 0.231 e. The number of rotatable bonds is 7. The number of hydrogen-bond donors (Lipinski definition) is 1. The molecule has 0 spiro atoms. The quantitative estimate of drug-likeness (QED) is 0.392. The van der Waals surface area contributed by atoms with Crippen molar-refractivity contribution in [2.45, 2.75) is 18.6 Å². The maximum absolute atomic E-state index is 12.3. The van der Waals surface area contributed by atoms with Crippen LogP contribution in [0.1, 0.15) is 12.5 Å². The van der Waals surface area contributed by atoms with Crippen LogP contribution in [0.2, 0.25) is 5.15 Å². The number of thioether (sulfide) groups is 1. The number of nitrogens with zero attached hydrogens (tertiary/aromatic N) is 4. The van der Waals surface area contributed by atoms with E-state index in [1.165, 1.54) is 11.8 Å². The molecule has 3 heterocycles. The lowest BCUT2D eigenvalue weighted by atomic mass is 10.2. The first-order valence-corrected chi connectivity index (χ1v) is 11.3. The van der Waals surface area contributed by atoms with Gasteiger partial charge in [-0.05, 0) is 24.2 Å². The lowest BCUT2D eigenvalue weighted by molar-refractivity contribution is -0.118. The molecule has 10 heteroatoms. The zero-order valence-corrected chi connectivity index (χ0v) is 18.3. The van der Waals surface area contributed by atoms with Crippen LogP contribution in [-0.2, 0) is 11.3 Å². The minimum Gasteiger partial charge on any atom is -0.454 e. The summed E-state index contributed by atoms with van der Waals surface area (Å²) in [7, 11) is 0. The summed E-state index contributed by atoms with van der Waals surface area (Å²) in [5.74, 6) is 2.36. The average Bonchev–Trinajstić information content (AvgIpc) is 3.24. The van der Waals surface area contributed by atoms with Gasteiger partial charge in [-0.2, -0.15) is 0 Å². The second-order valence-electron chi connectivity index (χ2n) is 7.01. The molecule has 0 bridgehead atoms. The fourth-order valence-corrected chi connectivity index (χ4v) is 4.25. The summed E-state index contributed by atoms with van der Waals surface area (Å²) < 4.78 is 10.7. The molecule has 160 valence electrons. The molecule has 30 heavy (non-hydrogen) atoms. The zero-order chi connectivity index (χ0) is 20.9. The van der Waals surface area contributed by atoms with Gasteiger partial charge in [0.2, 0.25) is 12.7 Å². The van der Waals surface area contributed by atoms with E-state index in [4.69, 9.17) is 21.1 Å². The number of anilines is 1. The van der Waals surface area contributed by atoms with E-state index in [0.717, 1.165) is 49.9 Å². The van der Waals surface area contributed by atoms with E-state index >= 15 is 0 Å². The van der Waals surface area contributed by atoms with Crippen LogP contribution in [-0.4, -0.2) is 66.0 Å². The molecule has 1 amide bonds. The Morgan fingerprint density at radius 1 is 1.17 bits per heavy atom. The second kappa shape index (κ2) is 9.72. The number of carbonyl (C=O) groups is 1. The van der Waals surface area contributed by atoms with Gasteiger partial charge >= 0.3 is 0 Å². The molecule has 1 saturated heterocycles. The summed E-state index contributed by atoms with van der Waals surface area (Å²) in [6.45, 7) is 7.69. The lowest BCUT2D eigenvalue weighted by Crippen LogP contribution is -2.46. The van der Waals surface area contributed by atoms with Crippen LogP contribution < -0.4 is 19.7 Å². The number of nitrogens with one attached hydrogen (secondary N) is 1. The van der Waals surface area contributed by atoms with Crippen molar-refractivity contribution in [2.24, 2.45) is 0 Å². The summed E-state index contributed by atoms with van der Waals surface area (Å²) >= 11 is 7.48. The first kappa shape index (κ1) is 21.0. The second-order valence-corrected chi connectivity index (χ2v) is 8.34. The number of piperazine rings is 1. The van der Waals surface area contributed by atoms with E-state index in [2.05, 4.69) is 32.0 Å². The van der Waals surface area contributed by atoms with Crippen LogP contribution in [0.25, 0.3) is 0 Å². The Hall–Kier alpha value is -2.23. The number of fused-ring (bicyclic) bond motifs is 1. The highest BCUT2D eigenvalue weighted by Gasteiger charge is 2.19. The minimum absolute atomic E-state index is 0.0978. The van der Waals surface area contributed by atoms with Crippen molar-refractivity contribution in [2.75, 3.05) is 50.2 Å². The van der Waals surface area contributed by atoms with E-state index in [9.17, 15) is 4.79 Å². The molecule has 0 radical (unpaired) electrons. The SMILES string of the molecule is CCN1CCN(c2cc(Cl)nc(SCC(=O)NCc3ccc4c(c3)OCO4)n2)CC1. The molecule has 1 aromatic heterocycles. The molecule has 0 saturated carbocycles. The fourth-order valence-electron chi connectivity index (χ4n) is 3.34. The Balaban J connectivity index is 1.29. The van der Waals surface area contributed by atoms with E-state index in [0.29, 0.717) is 22.6 Å². The van der Waals surface area contributed by atoms with Gasteiger partial charge in [-0.25, -0.2) is 9.97 Å². The fraction of sp³-hybridized carbons (Fsp3) is 0.450. The van der Waals surface area contributed by atoms with Crippen molar-refractivity contribution in [1.29, 1.82) is 0 Å². The molecule has 1 fully saturated rings. The first-order valence-electron chi connectivity index (χ1n) is 9.90. The normalized spacial score (nSPS) is 16.0. The van der Waals surface area contributed by atoms with Crippen molar-refractivity contribution in [3.63, 3.8) is 0 Å². The van der Waals surface area contributed by atoms with Crippen molar-refractivity contribution in [3.05, 3.63) is 35.0 Å². The van der Waals surface area contributed by atoms with Crippen LogP contribution >= 0.6 is 23.4 Å². The van der Waals surface area contributed by atoms with Crippen molar-refractivity contribution in [1.82, 2.24) is 20.2 Å². The van der Waals surface area contributed by atoms with E-state index in [1.807, 2.05) is 18.2 Å². The largest absolute Gasteiger partial charge is 0.454 e. The third-order valence-corrected chi connectivity index (χ3v) is 6.10. The average molecular weight is 450 g/mol. The summed E-state index contributed by atoms with van der Waals surface area (Å²) in [5.41, 5.74) is 0.949. The first-order chi connectivity index (χ1) is 14.6. The van der Waals surface area contributed by atoms with Gasteiger partial charge in [0.1, 0.15) is 11.0 Å². The molecule has 2 aromatic rings. The minimum atomic E-state index is -0.0978. The zero-order valence-electron chi connectivity index (χ0n) is 16.8. The predicted octanol–water partition coefficient (Wildman–Crippen LogP) is 2.41. The number of halogens is 1. The summed E-state index contributed by atoms with van der Waals surface area (Å²) in [6, 6.07) is 7.42. The molecule has 0 aliphatic carbocycles. The molecular weight excluding hydrogens is 426 g/mol. The monoisotopic (exact) mass is 449 g/mol. The number of amides is 1. The number of hydrogen-bond acceptors (Lipinski definition) is 8. The van der Waals surface area contributed by atoms with Gasteiger partial charge in [0.05, 0.1) is 5.75 Å². The summed E-state index contributed by atoms with van der Waals surface area (Å²) in [4.78, 5) is 25.7. The third-order valence-electron chi connectivity index (χ3n) is 5.06. The molecule has 0 atom stereocenters. The topological polar surface area (TPSA) is 79.8 Å². The van der Waals surface area contributed by atoms with Gasteiger partial charge in [0, 0.05) is 38.8 Å². The summed E-state index contributed by atoms with van der Waals surface area (Å²) in [5, 5.41) is 3.80. The van der Waals surface area contributed by atoms with E-state index in [1.54, 1.807) is 6.07 Å². The standard InChI is InChI=1S/C20H24ClN5O3S/c1-2-25-5-7-26(8-6-25)18-10-17(21)23-20(24-18)30-12-19(27)22-11-14-3-4-15-16(9-14)29-13-28-15/h3-4,9-10H,2,5-8,11-13H2,1H3,(H,22,27). The molecule has 2 aliphatic heterocycles. The van der Waals surface area contributed by atoms with Gasteiger partial charge < -0.3 is 24.6 Å². The van der Waals surface area contributed by atoms with Crippen LogP contribution in [0.5, 0.6) is 11.5 Å². The van der Waals surface area contributed by atoms with E-state index in [-0.39, 0.29) is 18.5 Å². The van der Waals surface area contributed by atoms with E-state index < -0.39 is 0 Å².